The monoisotopic (exact) mass is 282 g/mol. The average molecular weight is 283 g/mol. The van der Waals surface area contributed by atoms with E-state index >= 15 is 0 Å². The zero-order valence-corrected chi connectivity index (χ0v) is 11.4. The van der Waals surface area contributed by atoms with Gasteiger partial charge in [-0.15, -0.1) is 11.8 Å². The molecule has 0 bridgehead atoms. The Bertz CT molecular complexity index is 548. The molecule has 0 amide bonds. The molecular formula is C13H12ClFN2S. The Balaban J connectivity index is 2.11. The Morgan fingerprint density at radius 1 is 1.28 bits per heavy atom. The van der Waals surface area contributed by atoms with Gasteiger partial charge < -0.3 is 0 Å². The van der Waals surface area contributed by atoms with Crippen LogP contribution in [0.5, 0.6) is 0 Å². The van der Waals surface area contributed by atoms with Gasteiger partial charge in [0.1, 0.15) is 16.8 Å². The van der Waals surface area contributed by atoms with Crippen molar-refractivity contribution in [3.63, 3.8) is 0 Å². The summed E-state index contributed by atoms with van der Waals surface area (Å²) in [4.78, 5) is 9.09. The summed E-state index contributed by atoms with van der Waals surface area (Å²) in [5.74, 6) is 0.918. The minimum absolute atomic E-state index is 0.222. The SMILES string of the molecule is CCc1cc(Cl)nc(CSc2ccccc2F)n1. The van der Waals surface area contributed by atoms with Gasteiger partial charge in [0.05, 0.1) is 5.75 Å². The van der Waals surface area contributed by atoms with Gasteiger partial charge in [-0.05, 0) is 24.6 Å². The standard InChI is InChI=1S/C13H12ClFN2S/c1-2-9-7-12(14)17-13(16-9)8-18-11-6-4-3-5-10(11)15/h3-7H,2,8H2,1H3. The van der Waals surface area contributed by atoms with E-state index in [0.717, 1.165) is 12.1 Å². The van der Waals surface area contributed by atoms with Crippen molar-refractivity contribution < 1.29 is 4.39 Å². The molecule has 1 heterocycles. The quantitative estimate of drug-likeness (QED) is 0.623. The summed E-state index contributed by atoms with van der Waals surface area (Å²) in [7, 11) is 0. The van der Waals surface area contributed by atoms with Crippen LogP contribution >= 0.6 is 23.4 Å². The van der Waals surface area contributed by atoms with Crippen molar-refractivity contribution in [2.75, 3.05) is 0 Å². The minimum Gasteiger partial charge on any atom is -0.237 e. The fourth-order valence-corrected chi connectivity index (χ4v) is 2.48. The van der Waals surface area contributed by atoms with Crippen molar-refractivity contribution in [3.05, 3.63) is 52.8 Å². The van der Waals surface area contributed by atoms with Gasteiger partial charge in [0, 0.05) is 10.6 Å². The maximum atomic E-state index is 13.4. The summed E-state index contributed by atoms with van der Waals surface area (Å²) in [5.41, 5.74) is 0.902. The number of halogens is 2. The van der Waals surface area contributed by atoms with Crippen molar-refractivity contribution in [1.29, 1.82) is 0 Å². The molecule has 2 aromatic rings. The third-order valence-electron chi connectivity index (χ3n) is 2.35. The maximum Gasteiger partial charge on any atom is 0.140 e. The molecule has 0 aliphatic rings. The first-order valence-electron chi connectivity index (χ1n) is 5.58. The predicted octanol–water partition coefficient (Wildman–Crippen LogP) is 4.12. The van der Waals surface area contributed by atoms with E-state index in [1.165, 1.54) is 17.8 Å². The lowest BCUT2D eigenvalue weighted by Gasteiger charge is -2.04. The largest absolute Gasteiger partial charge is 0.237 e. The zero-order chi connectivity index (χ0) is 13.0. The lowest BCUT2D eigenvalue weighted by molar-refractivity contribution is 0.602. The van der Waals surface area contributed by atoms with Gasteiger partial charge in [0.25, 0.3) is 0 Å². The van der Waals surface area contributed by atoms with Crippen LogP contribution in [0.2, 0.25) is 5.15 Å². The highest BCUT2D eigenvalue weighted by atomic mass is 35.5. The molecular weight excluding hydrogens is 271 g/mol. The Morgan fingerprint density at radius 3 is 2.78 bits per heavy atom. The van der Waals surface area contributed by atoms with Gasteiger partial charge in [-0.1, -0.05) is 30.7 Å². The predicted molar refractivity (Wildman–Crippen MR) is 72.4 cm³/mol. The second-order valence-electron chi connectivity index (χ2n) is 3.67. The number of nitrogens with zero attached hydrogens (tertiary/aromatic N) is 2. The molecule has 0 fully saturated rings. The highest BCUT2D eigenvalue weighted by molar-refractivity contribution is 7.98. The molecule has 0 aliphatic heterocycles. The van der Waals surface area contributed by atoms with E-state index < -0.39 is 0 Å². The molecule has 0 aliphatic carbocycles. The molecule has 0 atom stereocenters. The summed E-state index contributed by atoms with van der Waals surface area (Å²) in [6, 6.07) is 8.41. The number of hydrogen-bond donors (Lipinski definition) is 0. The first kappa shape index (κ1) is 13.3. The topological polar surface area (TPSA) is 25.8 Å². The highest BCUT2D eigenvalue weighted by Crippen LogP contribution is 2.24. The summed E-state index contributed by atoms with van der Waals surface area (Å²) in [5, 5.41) is 0.436. The minimum atomic E-state index is -0.222. The van der Waals surface area contributed by atoms with E-state index in [1.807, 2.05) is 13.0 Å². The van der Waals surface area contributed by atoms with Gasteiger partial charge in [-0.3, -0.25) is 0 Å². The molecule has 2 nitrogen and oxygen atoms in total. The second-order valence-corrected chi connectivity index (χ2v) is 5.08. The molecule has 0 radical (unpaired) electrons. The third-order valence-corrected chi connectivity index (χ3v) is 3.59. The smallest absolute Gasteiger partial charge is 0.140 e. The molecule has 0 saturated heterocycles. The van der Waals surface area contributed by atoms with E-state index in [0.29, 0.717) is 21.6 Å². The van der Waals surface area contributed by atoms with E-state index in [4.69, 9.17) is 11.6 Å². The molecule has 1 aromatic carbocycles. The van der Waals surface area contributed by atoms with Gasteiger partial charge in [0.2, 0.25) is 0 Å². The van der Waals surface area contributed by atoms with Gasteiger partial charge in [-0.2, -0.15) is 0 Å². The van der Waals surface area contributed by atoms with Crippen molar-refractivity contribution >= 4 is 23.4 Å². The molecule has 18 heavy (non-hydrogen) atoms. The van der Waals surface area contributed by atoms with E-state index in [2.05, 4.69) is 9.97 Å². The summed E-state index contributed by atoms with van der Waals surface area (Å²) in [6.45, 7) is 2.01. The molecule has 5 heteroatoms. The fourth-order valence-electron chi connectivity index (χ4n) is 1.47. The Kier molecular flexibility index (Phi) is 4.55. The number of thioether (sulfide) groups is 1. The van der Waals surface area contributed by atoms with Gasteiger partial charge >= 0.3 is 0 Å². The molecule has 0 spiro atoms. The third kappa shape index (κ3) is 3.43. The van der Waals surface area contributed by atoms with Gasteiger partial charge in [0.15, 0.2) is 0 Å². The van der Waals surface area contributed by atoms with E-state index in [-0.39, 0.29) is 5.82 Å². The summed E-state index contributed by atoms with van der Waals surface area (Å²) >= 11 is 7.28. The van der Waals surface area contributed by atoms with Crippen LogP contribution in [-0.4, -0.2) is 9.97 Å². The van der Waals surface area contributed by atoms with Crippen LogP contribution in [0.15, 0.2) is 35.2 Å². The van der Waals surface area contributed by atoms with Crippen LogP contribution < -0.4 is 0 Å². The lowest BCUT2D eigenvalue weighted by atomic mass is 10.3. The molecule has 0 N–H and O–H groups in total. The zero-order valence-electron chi connectivity index (χ0n) is 9.86. The Labute approximate surface area is 115 Å². The van der Waals surface area contributed by atoms with Crippen molar-refractivity contribution in [3.8, 4) is 0 Å². The Hall–Kier alpha value is -1.13. The van der Waals surface area contributed by atoms with Crippen LogP contribution in [0.4, 0.5) is 4.39 Å². The lowest BCUT2D eigenvalue weighted by Crippen LogP contribution is -1.97. The van der Waals surface area contributed by atoms with E-state index in [9.17, 15) is 4.39 Å². The molecule has 1 aromatic heterocycles. The van der Waals surface area contributed by atoms with Crippen molar-refractivity contribution in [2.24, 2.45) is 0 Å². The summed E-state index contributed by atoms with van der Waals surface area (Å²) in [6.07, 6.45) is 0.805. The molecule has 94 valence electrons. The first-order valence-corrected chi connectivity index (χ1v) is 6.95. The molecule has 0 saturated carbocycles. The molecule has 2 rings (SSSR count). The summed E-state index contributed by atoms with van der Waals surface area (Å²) < 4.78 is 13.4. The van der Waals surface area contributed by atoms with Crippen LogP contribution in [0.3, 0.4) is 0 Å². The maximum absolute atomic E-state index is 13.4. The highest BCUT2D eigenvalue weighted by Gasteiger charge is 2.06. The number of aryl methyl sites for hydroxylation is 1. The van der Waals surface area contributed by atoms with Crippen molar-refractivity contribution in [2.45, 2.75) is 24.0 Å². The van der Waals surface area contributed by atoms with Crippen LogP contribution in [0.25, 0.3) is 0 Å². The number of rotatable bonds is 4. The Morgan fingerprint density at radius 2 is 2.06 bits per heavy atom. The van der Waals surface area contributed by atoms with Crippen LogP contribution in [-0.2, 0) is 12.2 Å². The molecule has 0 unspecified atom stereocenters. The van der Waals surface area contributed by atoms with E-state index in [1.54, 1.807) is 18.2 Å². The number of aromatic nitrogens is 2. The fraction of sp³-hybridized carbons (Fsp3) is 0.231. The average Bonchev–Trinajstić information content (AvgIpc) is 2.37. The normalized spacial score (nSPS) is 10.6. The van der Waals surface area contributed by atoms with Gasteiger partial charge in [-0.25, -0.2) is 14.4 Å². The first-order chi connectivity index (χ1) is 8.69. The van der Waals surface area contributed by atoms with Crippen LogP contribution in [0, 0.1) is 5.82 Å². The number of hydrogen-bond acceptors (Lipinski definition) is 3. The number of benzene rings is 1. The van der Waals surface area contributed by atoms with Crippen molar-refractivity contribution in [1.82, 2.24) is 9.97 Å². The van der Waals surface area contributed by atoms with Crippen LogP contribution in [0.1, 0.15) is 18.4 Å². The second kappa shape index (κ2) is 6.16.